The smallest absolute Gasteiger partial charge is 0.322 e. The summed E-state index contributed by atoms with van der Waals surface area (Å²) in [6.07, 6.45) is 2.70. The summed E-state index contributed by atoms with van der Waals surface area (Å²) in [5.74, 6) is -0.502. The summed E-state index contributed by atoms with van der Waals surface area (Å²) in [7, 11) is 0. The molecule has 0 unspecified atom stereocenters. The highest BCUT2D eigenvalue weighted by Gasteiger charge is 2.33. The van der Waals surface area contributed by atoms with Crippen LogP contribution in [0.2, 0.25) is 0 Å². The SMILES string of the molecule is CCCN(CC(=O)N1CCn2cccc2[C@H]1c1cccc(F)c1)C(=O)Nc1ccc(C)cc1. The van der Waals surface area contributed by atoms with Crippen molar-refractivity contribution in [3.8, 4) is 0 Å². The van der Waals surface area contributed by atoms with Gasteiger partial charge >= 0.3 is 6.03 Å². The molecule has 1 aromatic heterocycles. The van der Waals surface area contributed by atoms with Crippen LogP contribution in [-0.2, 0) is 11.3 Å². The number of nitrogens with one attached hydrogen (secondary N) is 1. The van der Waals surface area contributed by atoms with Crippen LogP contribution in [0.15, 0.2) is 66.9 Å². The lowest BCUT2D eigenvalue weighted by Gasteiger charge is -2.38. The maximum atomic E-state index is 14.0. The van der Waals surface area contributed by atoms with Gasteiger partial charge in [-0.15, -0.1) is 0 Å². The third kappa shape index (κ3) is 5.08. The van der Waals surface area contributed by atoms with Gasteiger partial charge < -0.3 is 19.7 Å². The van der Waals surface area contributed by atoms with Crippen LogP contribution in [0, 0.1) is 12.7 Å². The van der Waals surface area contributed by atoms with Crippen LogP contribution in [0.25, 0.3) is 0 Å². The number of urea groups is 1. The van der Waals surface area contributed by atoms with Crippen LogP contribution in [0.4, 0.5) is 14.9 Å². The molecule has 0 bridgehead atoms. The second kappa shape index (κ2) is 9.90. The standard InChI is InChI=1S/C26H29FN4O2/c1-3-13-30(26(33)28-22-11-9-19(2)10-12-22)18-24(32)31-16-15-29-14-5-8-23(29)25(31)20-6-4-7-21(27)17-20/h4-12,14,17,25H,3,13,15-16,18H2,1-2H3,(H,28,33)/t25-/m1/s1. The van der Waals surface area contributed by atoms with Crippen molar-refractivity contribution in [1.82, 2.24) is 14.4 Å². The fraction of sp³-hybridized carbons (Fsp3) is 0.308. The van der Waals surface area contributed by atoms with Gasteiger partial charge in [-0.3, -0.25) is 4.79 Å². The summed E-state index contributed by atoms with van der Waals surface area (Å²) in [6.45, 7) is 5.51. The predicted molar refractivity (Wildman–Crippen MR) is 126 cm³/mol. The summed E-state index contributed by atoms with van der Waals surface area (Å²) in [6, 6.07) is 17.1. The fourth-order valence-electron chi connectivity index (χ4n) is 4.30. The maximum Gasteiger partial charge on any atom is 0.322 e. The van der Waals surface area contributed by atoms with Crippen LogP contribution >= 0.6 is 0 Å². The molecule has 1 N–H and O–H groups in total. The normalized spacial score (nSPS) is 15.1. The largest absolute Gasteiger partial charge is 0.348 e. The highest BCUT2D eigenvalue weighted by atomic mass is 19.1. The van der Waals surface area contributed by atoms with Crippen LogP contribution in [0.1, 0.15) is 36.2 Å². The number of aromatic nitrogens is 1. The molecule has 7 heteroatoms. The average molecular weight is 449 g/mol. The summed E-state index contributed by atoms with van der Waals surface area (Å²) in [4.78, 5) is 29.7. The third-order valence-electron chi connectivity index (χ3n) is 5.93. The first-order valence-corrected chi connectivity index (χ1v) is 11.3. The van der Waals surface area contributed by atoms with Crippen LogP contribution < -0.4 is 5.32 Å². The summed E-state index contributed by atoms with van der Waals surface area (Å²) in [5.41, 5.74) is 3.44. The first kappa shape index (κ1) is 22.6. The average Bonchev–Trinajstić information content (AvgIpc) is 3.28. The first-order chi connectivity index (χ1) is 16.0. The van der Waals surface area contributed by atoms with Crippen molar-refractivity contribution in [3.05, 3.63) is 89.5 Å². The summed E-state index contributed by atoms with van der Waals surface area (Å²) < 4.78 is 16.1. The zero-order valence-corrected chi connectivity index (χ0v) is 19.0. The molecule has 172 valence electrons. The number of hydrogen-bond acceptors (Lipinski definition) is 2. The van der Waals surface area contributed by atoms with E-state index in [1.165, 1.54) is 12.1 Å². The molecule has 0 saturated carbocycles. The van der Waals surface area contributed by atoms with Gasteiger partial charge in [0.2, 0.25) is 5.91 Å². The number of aryl methyl sites for hydroxylation is 1. The van der Waals surface area contributed by atoms with Crippen molar-refractivity contribution in [3.63, 3.8) is 0 Å². The van der Waals surface area contributed by atoms with Crippen molar-refractivity contribution >= 4 is 17.6 Å². The minimum absolute atomic E-state index is 0.0436. The van der Waals surface area contributed by atoms with Gasteiger partial charge in [-0.05, 0) is 55.3 Å². The van der Waals surface area contributed by atoms with Gasteiger partial charge in [0.1, 0.15) is 12.4 Å². The lowest BCUT2D eigenvalue weighted by molar-refractivity contribution is -0.134. The quantitative estimate of drug-likeness (QED) is 0.588. The topological polar surface area (TPSA) is 57.6 Å². The number of amides is 3. The highest BCUT2D eigenvalue weighted by Crippen LogP contribution is 2.33. The molecule has 2 heterocycles. The van der Waals surface area contributed by atoms with Crippen molar-refractivity contribution in [2.45, 2.75) is 32.9 Å². The van der Waals surface area contributed by atoms with Crippen molar-refractivity contribution in [2.24, 2.45) is 0 Å². The van der Waals surface area contributed by atoms with Gasteiger partial charge in [-0.1, -0.05) is 36.8 Å². The Balaban J connectivity index is 1.55. The summed E-state index contributed by atoms with van der Waals surface area (Å²) >= 11 is 0. The number of rotatable bonds is 6. The predicted octanol–water partition coefficient (Wildman–Crippen LogP) is 4.81. The Kier molecular flexibility index (Phi) is 6.77. The van der Waals surface area contributed by atoms with E-state index in [1.807, 2.05) is 62.5 Å². The second-order valence-electron chi connectivity index (χ2n) is 8.39. The third-order valence-corrected chi connectivity index (χ3v) is 5.93. The van der Waals surface area contributed by atoms with E-state index in [0.717, 1.165) is 17.7 Å². The number of hydrogen-bond donors (Lipinski definition) is 1. The van der Waals surface area contributed by atoms with Crippen molar-refractivity contribution in [1.29, 1.82) is 0 Å². The Morgan fingerprint density at radius 3 is 2.61 bits per heavy atom. The molecule has 3 amide bonds. The van der Waals surface area contributed by atoms with E-state index >= 15 is 0 Å². The van der Waals surface area contributed by atoms with E-state index in [1.54, 1.807) is 15.9 Å². The molecule has 2 aromatic carbocycles. The maximum absolute atomic E-state index is 14.0. The van der Waals surface area contributed by atoms with E-state index < -0.39 is 6.04 Å². The van der Waals surface area contributed by atoms with E-state index in [2.05, 4.69) is 9.88 Å². The highest BCUT2D eigenvalue weighted by molar-refractivity contribution is 5.92. The van der Waals surface area contributed by atoms with Gasteiger partial charge in [-0.25, -0.2) is 9.18 Å². The Morgan fingerprint density at radius 2 is 1.88 bits per heavy atom. The molecule has 6 nitrogen and oxygen atoms in total. The summed E-state index contributed by atoms with van der Waals surface area (Å²) in [5, 5.41) is 2.89. The van der Waals surface area contributed by atoms with Gasteiger partial charge in [0, 0.05) is 37.2 Å². The Labute approximate surface area is 193 Å². The molecule has 0 aliphatic carbocycles. The zero-order chi connectivity index (χ0) is 23.4. The van der Waals surface area contributed by atoms with Crippen LogP contribution in [0.3, 0.4) is 0 Å². The molecular formula is C26H29FN4O2. The molecule has 3 aromatic rings. The minimum Gasteiger partial charge on any atom is -0.348 e. The molecule has 0 saturated heterocycles. The molecule has 33 heavy (non-hydrogen) atoms. The molecule has 1 atom stereocenters. The van der Waals surface area contributed by atoms with Gasteiger partial charge in [-0.2, -0.15) is 0 Å². The molecule has 1 aliphatic rings. The minimum atomic E-state index is -0.402. The lowest BCUT2D eigenvalue weighted by atomic mass is 9.99. The number of fused-ring (bicyclic) bond motifs is 1. The van der Waals surface area contributed by atoms with Crippen LogP contribution in [-0.4, -0.2) is 45.9 Å². The zero-order valence-electron chi connectivity index (χ0n) is 19.0. The second-order valence-corrected chi connectivity index (χ2v) is 8.39. The molecule has 0 spiro atoms. The molecule has 0 radical (unpaired) electrons. The van der Waals surface area contributed by atoms with E-state index in [4.69, 9.17) is 0 Å². The van der Waals surface area contributed by atoms with Gasteiger partial charge in [0.15, 0.2) is 0 Å². The number of anilines is 1. The Bertz CT molecular complexity index is 1130. The van der Waals surface area contributed by atoms with E-state index in [9.17, 15) is 14.0 Å². The Hall–Kier alpha value is -3.61. The van der Waals surface area contributed by atoms with Crippen molar-refractivity contribution in [2.75, 3.05) is 25.0 Å². The molecule has 1 aliphatic heterocycles. The van der Waals surface area contributed by atoms with Gasteiger partial charge in [0.25, 0.3) is 0 Å². The first-order valence-electron chi connectivity index (χ1n) is 11.3. The Morgan fingerprint density at radius 1 is 1.09 bits per heavy atom. The van der Waals surface area contributed by atoms with Crippen molar-refractivity contribution < 1.29 is 14.0 Å². The number of carbonyl (C=O) groups excluding carboxylic acids is 2. The fourth-order valence-corrected chi connectivity index (χ4v) is 4.30. The lowest BCUT2D eigenvalue weighted by Crippen LogP contribution is -2.48. The number of halogens is 1. The molecule has 4 rings (SSSR count). The van der Waals surface area contributed by atoms with E-state index in [0.29, 0.717) is 30.9 Å². The monoisotopic (exact) mass is 448 g/mol. The van der Waals surface area contributed by atoms with Gasteiger partial charge in [0.05, 0.1) is 6.04 Å². The van der Waals surface area contributed by atoms with Crippen LogP contribution in [0.5, 0.6) is 0 Å². The molecule has 0 fully saturated rings. The van der Waals surface area contributed by atoms with E-state index in [-0.39, 0.29) is 24.3 Å². The number of carbonyl (C=O) groups is 2. The number of nitrogens with zero attached hydrogens (tertiary/aromatic N) is 3. The molecular weight excluding hydrogens is 419 g/mol. The number of benzene rings is 2.